The Balaban J connectivity index is 1.54. The maximum absolute atomic E-state index is 13.1. The summed E-state index contributed by atoms with van der Waals surface area (Å²) in [6.07, 6.45) is 4.75. The van der Waals surface area contributed by atoms with E-state index in [4.69, 9.17) is 9.52 Å². The first kappa shape index (κ1) is 18.0. The van der Waals surface area contributed by atoms with Gasteiger partial charge in [-0.05, 0) is 43.4 Å². The largest absolute Gasteiger partial charge is 0.467 e. The molecule has 1 aromatic carbocycles. The number of amides is 1. The number of piperidine rings is 1. The van der Waals surface area contributed by atoms with Crippen LogP contribution >= 0.6 is 0 Å². The Morgan fingerprint density at radius 3 is 2.63 bits per heavy atom. The molecule has 0 unspecified atom stereocenters. The molecule has 1 aromatic heterocycles. The van der Waals surface area contributed by atoms with E-state index < -0.39 is 0 Å². The summed E-state index contributed by atoms with van der Waals surface area (Å²) in [4.78, 5) is 14.5. The third-order valence-corrected chi connectivity index (χ3v) is 5.80. The van der Waals surface area contributed by atoms with E-state index in [1.165, 1.54) is 23.3 Å². The van der Waals surface area contributed by atoms with Crippen LogP contribution in [0.1, 0.15) is 49.1 Å². The number of nitrogens with zero attached hydrogens (tertiary/aromatic N) is 2. The Bertz CT molecular complexity index is 803. The highest BCUT2D eigenvalue weighted by molar-refractivity contribution is 6.03. The van der Waals surface area contributed by atoms with Gasteiger partial charge in [-0.1, -0.05) is 36.8 Å². The van der Waals surface area contributed by atoms with Crippen molar-refractivity contribution in [3.8, 4) is 0 Å². The van der Waals surface area contributed by atoms with Crippen molar-refractivity contribution in [2.24, 2.45) is 11.0 Å². The van der Waals surface area contributed by atoms with Crippen LogP contribution in [0.3, 0.4) is 0 Å². The van der Waals surface area contributed by atoms with E-state index in [9.17, 15) is 4.79 Å². The van der Waals surface area contributed by atoms with E-state index in [-0.39, 0.29) is 11.9 Å². The fraction of sp³-hybridized carbons (Fsp3) is 0.455. The van der Waals surface area contributed by atoms with E-state index in [0.29, 0.717) is 13.0 Å². The molecule has 2 aliphatic rings. The number of furan rings is 1. The van der Waals surface area contributed by atoms with Crippen LogP contribution in [0, 0.1) is 12.8 Å². The minimum atomic E-state index is -0.146. The van der Waals surface area contributed by atoms with Gasteiger partial charge in [0.1, 0.15) is 11.8 Å². The van der Waals surface area contributed by atoms with E-state index in [0.717, 1.165) is 36.0 Å². The summed E-state index contributed by atoms with van der Waals surface area (Å²) in [5, 5.41) is 6.40. The zero-order chi connectivity index (χ0) is 18.8. The number of carbonyl (C=O) groups is 1. The summed E-state index contributed by atoms with van der Waals surface area (Å²) in [6.45, 7) is 7.02. The molecular formula is C22H28N3O2+. The molecule has 0 aliphatic carbocycles. The fourth-order valence-corrected chi connectivity index (χ4v) is 4.01. The van der Waals surface area contributed by atoms with Crippen LogP contribution < -0.4 is 4.90 Å². The van der Waals surface area contributed by atoms with Crippen molar-refractivity contribution in [2.45, 2.75) is 39.2 Å². The monoisotopic (exact) mass is 366 g/mol. The SMILES string of the molecule is Cc1ccc(C2=NN(C(=O)C[NH+]3CCC(C)CC3)[C@H](c3ccco3)C2)cc1. The fourth-order valence-electron chi connectivity index (χ4n) is 4.01. The quantitative estimate of drug-likeness (QED) is 0.904. The molecule has 4 rings (SSSR count). The Morgan fingerprint density at radius 1 is 1.22 bits per heavy atom. The zero-order valence-electron chi connectivity index (χ0n) is 16.1. The predicted molar refractivity (Wildman–Crippen MR) is 105 cm³/mol. The molecule has 1 saturated heterocycles. The van der Waals surface area contributed by atoms with Gasteiger partial charge in [-0.15, -0.1) is 0 Å². The molecule has 5 heteroatoms. The minimum absolute atomic E-state index is 0.0862. The van der Waals surface area contributed by atoms with Crippen LogP contribution in [0.5, 0.6) is 0 Å². The summed E-state index contributed by atoms with van der Waals surface area (Å²) in [7, 11) is 0. The van der Waals surface area contributed by atoms with Crippen molar-refractivity contribution in [1.82, 2.24) is 5.01 Å². The zero-order valence-corrected chi connectivity index (χ0v) is 16.1. The maximum Gasteiger partial charge on any atom is 0.298 e. The molecule has 1 atom stereocenters. The molecular weight excluding hydrogens is 338 g/mol. The summed E-state index contributed by atoms with van der Waals surface area (Å²) < 4.78 is 5.63. The van der Waals surface area contributed by atoms with Gasteiger partial charge in [0, 0.05) is 6.42 Å². The predicted octanol–water partition coefficient (Wildman–Crippen LogP) is 2.58. The lowest BCUT2D eigenvalue weighted by atomic mass is 9.99. The molecule has 5 nitrogen and oxygen atoms in total. The molecule has 27 heavy (non-hydrogen) atoms. The van der Waals surface area contributed by atoms with Crippen molar-refractivity contribution in [2.75, 3.05) is 19.6 Å². The highest BCUT2D eigenvalue weighted by Gasteiger charge is 2.36. The molecule has 0 radical (unpaired) electrons. The van der Waals surface area contributed by atoms with Crippen molar-refractivity contribution >= 4 is 11.6 Å². The average Bonchev–Trinajstić information content (AvgIpc) is 3.33. The lowest BCUT2D eigenvalue weighted by Crippen LogP contribution is -3.14. The van der Waals surface area contributed by atoms with Crippen LogP contribution in [-0.4, -0.2) is 36.3 Å². The molecule has 0 saturated carbocycles. The number of rotatable bonds is 4. The summed E-state index contributed by atoms with van der Waals surface area (Å²) >= 11 is 0. The number of quaternary nitrogens is 1. The van der Waals surface area contributed by atoms with Gasteiger partial charge in [0.15, 0.2) is 6.54 Å². The van der Waals surface area contributed by atoms with Gasteiger partial charge < -0.3 is 9.32 Å². The number of likely N-dealkylation sites (tertiary alicyclic amines) is 1. The molecule has 3 heterocycles. The minimum Gasteiger partial charge on any atom is -0.467 e. The second-order valence-electron chi connectivity index (χ2n) is 8.00. The first-order valence-corrected chi connectivity index (χ1v) is 9.93. The number of benzene rings is 1. The van der Waals surface area contributed by atoms with Crippen LogP contribution in [0.2, 0.25) is 0 Å². The Morgan fingerprint density at radius 2 is 1.96 bits per heavy atom. The second-order valence-corrected chi connectivity index (χ2v) is 8.00. The lowest BCUT2D eigenvalue weighted by Gasteiger charge is -2.28. The average molecular weight is 366 g/mol. The first-order valence-electron chi connectivity index (χ1n) is 9.93. The van der Waals surface area contributed by atoms with Crippen LogP contribution in [0.25, 0.3) is 0 Å². The molecule has 0 spiro atoms. The first-order chi connectivity index (χ1) is 13.1. The Labute approximate surface area is 160 Å². The van der Waals surface area contributed by atoms with Crippen molar-refractivity contribution in [3.05, 3.63) is 59.5 Å². The number of hydrogen-bond donors (Lipinski definition) is 1. The molecule has 142 valence electrons. The topological polar surface area (TPSA) is 50.2 Å². The highest BCUT2D eigenvalue weighted by Crippen LogP contribution is 2.32. The van der Waals surface area contributed by atoms with E-state index in [1.807, 2.05) is 12.1 Å². The maximum atomic E-state index is 13.1. The molecule has 2 aliphatic heterocycles. The molecule has 2 aromatic rings. The van der Waals surface area contributed by atoms with Gasteiger partial charge in [-0.3, -0.25) is 4.79 Å². The number of carbonyl (C=O) groups excluding carboxylic acids is 1. The molecule has 0 bridgehead atoms. The van der Waals surface area contributed by atoms with E-state index in [2.05, 4.69) is 38.1 Å². The third kappa shape index (κ3) is 3.98. The number of hydrogen-bond acceptors (Lipinski definition) is 3. The van der Waals surface area contributed by atoms with Gasteiger partial charge >= 0.3 is 0 Å². The van der Waals surface area contributed by atoms with E-state index in [1.54, 1.807) is 11.3 Å². The van der Waals surface area contributed by atoms with Gasteiger partial charge in [-0.25, -0.2) is 5.01 Å². The van der Waals surface area contributed by atoms with E-state index >= 15 is 0 Å². The summed E-state index contributed by atoms with van der Waals surface area (Å²) in [5.74, 6) is 1.66. The van der Waals surface area contributed by atoms with Gasteiger partial charge in [0.05, 0.1) is 25.1 Å². The smallest absolute Gasteiger partial charge is 0.298 e. The van der Waals surface area contributed by atoms with Crippen molar-refractivity contribution in [1.29, 1.82) is 0 Å². The lowest BCUT2D eigenvalue weighted by molar-refractivity contribution is -0.898. The Kier molecular flexibility index (Phi) is 5.12. The van der Waals surface area contributed by atoms with Crippen LogP contribution in [0.15, 0.2) is 52.2 Å². The molecule has 1 N–H and O–H groups in total. The van der Waals surface area contributed by atoms with Crippen LogP contribution in [-0.2, 0) is 4.79 Å². The summed E-state index contributed by atoms with van der Waals surface area (Å²) in [5.41, 5.74) is 3.24. The Hall–Kier alpha value is -2.40. The second kappa shape index (κ2) is 7.69. The van der Waals surface area contributed by atoms with Crippen molar-refractivity contribution in [3.63, 3.8) is 0 Å². The highest BCUT2D eigenvalue weighted by atomic mass is 16.3. The number of aryl methyl sites for hydroxylation is 1. The van der Waals surface area contributed by atoms with Gasteiger partial charge in [0.25, 0.3) is 5.91 Å². The normalized spacial score (nSPS) is 25.5. The van der Waals surface area contributed by atoms with Gasteiger partial charge in [0.2, 0.25) is 0 Å². The third-order valence-electron chi connectivity index (χ3n) is 5.80. The summed E-state index contributed by atoms with van der Waals surface area (Å²) in [6, 6.07) is 12.0. The molecule has 1 amide bonds. The van der Waals surface area contributed by atoms with Crippen LogP contribution in [0.4, 0.5) is 0 Å². The van der Waals surface area contributed by atoms with Gasteiger partial charge in [-0.2, -0.15) is 5.10 Å². The van der Waals surface area contributed by atoms with Crippen molar-refractivity contribution < 1.29 is 14.1 Å². The standard InChI is InChI=1S/C22H27N3O2/c1-16-5-7-18(8-6-16)19-14-20(21-4-3-13-27-21)25(23-19)22(26)15-24-11-9-17(2)10-12-24/h3-8,13,17,20H,9-12,14-15H2,1-2H3/p+1/t20-/m0/s1. The molecule has 1 fully saturated rings. The number of hydrazone groups is 1. The number of nitrogens with one attached hydrogen (secondary N) is 1.